The molecule has 342 valence electrons. The van der Waals surface area contributed by atoms with Crippen molar-refractivity contribution < 1.29 is 62.2 Å². The van der Waals surface area contributed by atoms with Gasteiger partial charge >= 0.3 is 23.9 Å². The molecule has 0 amide bonds. The van der Waals surface area contributed by atoms with E-state index >= 15 is 4.39 Å². The third kappa shape index (κ3) is 9.45. The maximum absolute atomic E-state index is 16.3. The van der Waals surface area contributed by atoms with Crippen LogP contribution < -0.4 is 23.7 Å². The number of hydrogen-bond donors (Lipinski definition) is 2. The standard InChI is InChI=1S/C52H48BrFO12/c1-25-21-36(62-23-34-17-13-11-14-18-34)22-37(61-10)38(25)50(58)65-47-31(7)28(4)40(45(56)42(47)53)51(59)66-48-33(9)44(55)41(32(8)43(48)54)52(60)64-46-29(5)26(2)39(27(3)30(46)6)49(57)63-24-35-19-15-12-16-20-35/h11-22,55-56H,23-24H2,1-10H3. The van der Waals surface area contributed by atoms with Crippen molar-refractivity contribution in [3.05, 3.63) is 167 Å². The zero-order chi connectivity index (χ0) is 48.3. The first-order valence-electron chi connectivity index (χ1n) is 20.6. The SMILES string of the molecule is COc1cc(OCc2ccccc2)cc(C)c1C(=O)Oc1c(C)c(C)c(C(=O)Oc2c(C)c(O)c(C(=O)Oc3c(C)c(C)c(C(=O)OCc4ccccc4)c(C)c3C)c(C)c2F)c(O)c1Br. The van der Waals surface area contributed by atoms with E-state index in [0.717, 1.165) is 11.1 Å². The summed E-state index contributed by atoms with van der Waals surface area (Å²) in [5.74, 6) is -6.31. The molecule has 0 heterocycles. The molecule has 0 saturated heterocycles. The zero-order valence-corrected chi connectivity index (χ0v) is 39.7. The molecule has 0 fully saturated rings. The van der Waals surface area contributed by atoms with E-state index in [1.54, 1.807) is 53.7 Å². The van der Waals surface area contributed by atoms with Gasteiger partial charge < -0.3 is 38.6 Å². The Morgan fingerprint density at radius 2 is 1.00 bits per heavy atom. The van der Waals surface area contributed by atoms with Gasteiger partial charge in [-0.25, -0.2) is 23.6 Å². The summed E-state index contributed by atoms with van der Waals surface area (Å²) in [7, 11) is 1.40. The Bertz CT molecular complexity index is 2840. The van der Waals surface area contributed by atoms with Gasteiger partial charge in [0.1, 0.15) is 63.1 Å². The number of ether oxygens (including phenoxy) is 6. The molecule has 66 heavy (non-hydrogen) atoms. The number of aryl methyl sites for hydroxylation is 1. The molecule has 0 aliphatic heterocycles. The van der Waals surface area contributed by atoms with Crippen LogP contribution >= 0.6 is 15.9 Å². The van der Waals surface area contributed by atoms with Crippen molar-refractivity contribution in [2.75, 3.05) is 7.11 Å². The van der Waals surface area contributed by atoms with E-state index in [1.165, 1.54) is 27.9 Å². The van der Waals surface area contributed by atoms with E-state index in [0.29, 0.717) is 39.1 Å². The molecule has 14 heteroatoms. The molecule has 0 spiro atoms. The van der Waals surface area contributed by atoms with Crippen LogP contribution in [0.5, 0.6) is 40.2 Å². The second-order valence-corrected chi connectivity index (χ2v) is 16.6. The van der Waals surface area contributed by atoms with E-state index in [4.69, 9.17) is 28.4 Å². The third-order valence-corrected chi connectivity index (χ3v) is 12.4. The summed E-state index contributed by atoms with van der Waals surface area (Å²) in [5.41, 5.74) is 3.31. The van der Waals surface area contributed by atoms with Crippen molar-refractivity contribution in [2.24, 2.45) is 0 Å². The molecular formula is C52H48BrFO12. The molecular weight excluding hydrogens is 915 g/mol. The van der Waals surface area contributed by atoms with E-state index in [1.807, 2.05) is 60.7 Å². The normalized spacial score (nSPS) is 10.9. The Kier molecular flexibility index (Phi) is 14.6. The number of benzene rings is 6. The summed E-state index contributed by atoms with van der Waals surface area (Å²) in [6, 6.07) is 22.0. The minimum absolute atomic E-state index is 0.0588. The predicted octanol–water partition coefficient (Wildman–Crippen LogP) is 11.4. The lowest BCUT2D eigenvalue weighted by atomic mass is 9.93. The average molecular weight is 964 g/mol. The van der Waals surface area contributed by atoms with Gasteiger partial charge in [0.05, 0.1) is 12.7 Å². The third-order valence-electron chi connectivity index (χ3n) is 11.7. The highest BCUT2D eigenvalue weighted by Gasteiger charge is 2.33. The van der Waals surface area contributed by atoms with Crippen LogP contribution in [0.1, 0.15) is 103 Å². The highest BCUT2D eigenvalue weighted by molar-refractivity contribution is 9.10. The van der Waals surface area contributed by atoms with Crippen molar-refractivity contribution in [3.63, 3.8) is 0 Å². The van der Waals surface area contributed by atoms with Crippen LogP contribution in [0, 0.1) is 68.1 Å². The van der Waals surface area contributed by atoms with E-state index < -0.39 is 63.6 Å². The number of hydrogen-bond acceptors (Lipinski definition) is 12. The van der Waals surface area contributed by atoms with Crippen LogP contribution in [0.3, 0.4) is 0 Å². The van der Waals surface area contributed by atoms with Crippen molar-refractivity contribution in [1.29, 1.82) is 0 Å². The molecule has 0 aliphatic carbocycles. The van der Waals surface area contributed by atoms with Gasteiger partial charge in [-0.15, -0.1) is 0 Å². The van der Waals surface area contributed by atoms with Gasteiger partial charge in [0, 0.05) is 17.2 Å². The molecule has 6 aromatic rings. The maximum Gasteiger partial charge on any atom is 0.347 e. The summed E-state index contributed by atoms with van der Waals surface area (Å²) in [6.07, 6.45) is 0. The van der Waals surface area contributed by atoms with Crippen molar-refractivity contribution in [2.45, 2.75) is 75.5 Å². The predicted molar refractivity (Wildman–Crippen MR) is 247 cm³/mol. The summed E-state index contributed by atoms with van der Waals surface area (Å²) in [4.78, 5) is 54.6. The van der Waals surface area contributed by atoms with Crippen LogP contribution in [0.25, 0.3) is 0 Å². The number of rotatable bonds is 13. The van der Waals surface area contributed by atoms with Gasteiger partial charge in [0.2, 0.25) is 0 Å². The van der Waals surface area contributed by atoms with Crippen molar-refractivity contribution in [3.8, 4) is 40.2 Å². The number of aromatic hydroxyl groups is 2. The molecule has 6 aromatic carbocycles. The van der Waals surface area contributed by atoms with Crippen LogP contribution in [0.4, 0.5) is 4.39 Å². The lowest BCUT2D eigenvalue weighted by molar-refractivity contribution is 0.0470. The molecule has 6 rings (SSSR count). The van der Waals surface area contributed by atoms with Crippen LogP contribution in [0.15, 0.2) is 77.3 Å². The zero-order valence-electron chi connectivity index (χ0n) is 38.1. The first-order chi connectivity index (χ1) is 31.3. The number of halogens is 2. The maximum atomic E-state index is 16.3. The first kappa shape index (κ1) is 48.3. The van der Waals surface area contributed by atoms with Crippen LogP contribution in [-0.4, -0.2) is 41.2 Å². The summed E-state index contributed by atoms with van der Waals surface area (Å²) >= 11 is 3.25. The number of carbonyl (C=O) groups excluding carboxylic acids is 4. The number of phenols is 2. The Labute approximate surface area is 390 Å². The molecule has 12 nitrogen and oxygen atoms in total. The lowest BCUT2D eigenvalue weighted by Crippen LogP contribution is -2.19. The second-order valence-electron chi connectivity index (χ2n) is 15.8. The minimum Gasteiger partial charge on any atom is -0.507 e. The topological polar surface area (TPSA) is 164 Å². The molecule has 0 aromatic heterocycles. The molecule has 0 atom stereocenters. The fourth-order valence-electron chi connectivity index (χ4n) is 7.51. The average Bonchev–Trinajstić information content (AvgIpc) is 3.30. The Hall–Kier alpha value is -7.19. The quantitative estimate of drug-likeness (QED) is 0.0833. The van der Waals surface area contributed by atoms with Gasteiger partial charge in [-0.3, -0.25) is 0 Å². The van der Waals surface area contributed by atoms with Crippen LogP contribution in [0.2, 0.25) is 0 Å². The molecule has 0 unspecified atom stereocenters. The smallest absolute Gasteiger partial charge is 0.347 e. The van der Waals surface area contributed by atoms with Gasteiger partial charge in [-0.05, 0) is 134 Å². The van der Waals surface area contributed by atoms with Gasteiger partial charge in [-0.1, -0.05) is 60.7 Å². The fraction of sp³-hybridized carbons (Fsp3) is 0.231. The Morgan fingerprint density at radius 1 is 0.530 bits per heavy atom. The molecule has 0 bridgehead atoms. The molecule has 0 aliphatic rings. The van der Waals surface area contributed by atoms with E-state index in [9.17, 15) is 29.4 Å². The highest BCUT2D eigenvalue weighted by Crippen LogP contribution is 2.45. The number of methoxy groups -OCH3 is 1. The number of phenolic OH excluding ortho intramolecular Hbond substituents is 2. The van der Waals surface area contributed by atoms with Gasteiger partial charge in [0.15, 0.2) is 17.3 Å². The molecule has 0 saturated carbocycles. The number of carbonyl (C=O) groups is 4. The van der Waals surface area contributed by atoms with Crippen molar-refractivity contribution in [1.82, 2.24) is 0 Å². The largest absolute Gasteiger partial charge is 0.507 e. The Morgan fingerprint density at radius 3 is 1.56 bits per heavy atom. The molecule has 2 N–H and O–H groups in total. The Balaban J connectivity index is 1.22. The second kappa shape index (κ2) is 19.9. The van der Waals surface area contributed by atoms with E-state index in [-0.39, 0.29) is 57.2 Å². The highest BCUT2D eigenvalue weighted by atomic mass is 79.9. The molecule has 0 radical (unpaired) electrons. The number of esters is 4. The lowest BCUT2D eigenvalue weighted by Gasteiger charge is -2.21. The van der Waals surface area contributed by atoms with Crippen LogP contribution in [-0.2, 0) is 18.0 Å². The minimum atomic E-state index is -1.22. The van der Waals surface area contributed by atoms with Gasteiger partial charge in [0.25, 0.3) is 0 Å². The monoisotopic (exact) mass is 962 g/mol. The van der Waals surface area contributed by atoms with Gasteiger partial charge in [-0.2, -0.15) is 0 Å². The first-order valence-corrected chi connectivity index (χ1v) is 21.4. The summed E-state index contributed by atoms with van der Waals surface area (Å²) in [6.45, 7) is 14.2. The summed E-state index contributed by atoms with van der Waals surface area (Å²) < 4.78 is 50.3. The summed E-state index contributed by atoms with van der Waals surface area (Å²) in [5, 5.41) is 22.7. The van der Waals surface area contributed by atoms with Crippen molar-refractivity contribution >= 4 is 39.8 Å². The van der Waals surface area contributed by atoms with E-state index in [2.05, 4.69) is 15.9 Å². The fourth-order valence-corrected chi connectivity index (χ4v) is 8.09.